The average Bonchev–Trinajstić information content (AvgIpc) is 3.62. The number of phenolic OH excluding ortho intramolecular Hbond substituents is 1. The Morgan fingerprint density at radius 3 is 2.25 bits per heavy atom. The molecule has 0 saturated heterocycles. The van der Waals surface area contributed by atoms with Crippen LogP contribution in [-0.4, -0.2) is 89.4 Å². The zero-order chi connectivity index (χ0) is 45.6. The number of carboxylic acid groups (broad SMARTS) is 2. The molecule has 0 bridgehead atoms. The van der Waals surface area contributed by atoms with Crippen LogP contribution in [0.4, 0.5) is 0 Å². The van der Waals surface area contributed by atoms with Gasteiger partial charge < -0.3 is 58.3 Å². The molecule has 18 heteroatoms. The highest BCUT2D eigenvalue weighted by Gasteiger charge is 2.46. The summed E-state index contributed by atoms with van der Waals surface area (Å²) < 4.78 is 45.1. The van der Waals surface area contributed by atoms with Crippen LogP contribution in [0.15, 0.2) is 42.5 Å². The summed E-state index contributed by atoms with van der Waals surface area (Å²) in [6.45, 7) is 6.41. The number of methoxy groups -OCH3 is 2. The number of Topliss-reactive ketones (excluding diaryl/α,β-unsaturated/α-hetero) is 1. The monoisotopic (exact) mass is 868 g/mol. The average molecular weight is 869 g/mol. The van der Waals surface area contributed by atoms with E-state index in [4.69, 9.17) is 43.0 Å². The van der Waals surface area contributed by atoms with Crippen LogP contribution in [-0.2, 0) is 27.4 Å². The van der Waals surface area contributed by atoms with E-state index in [1.807, 2.05) is 18.2 Å². The van der Waals surface area contributed by atoms with Crippen molar-refractivity contribution < 1.29 is 87.1 Å². The maximum atomic E-state index is 13.5. The molecule has 0 amide bonds. The number of aldehydes is 1. The van der Waals surface area contributed by atoms with Crippen molar-refractivity contribution in [3.05, 3.63) is 92.6 Å². The molecule has 3 atom stereocenters. The number of benzene rings is 4. The molecule has 4 N–H and O–H groups in total. The number of ketones is 1. The number of aromatic hydroxyl groups is 2. The number of hydrogen-bond acceptors (Lipinski definition) is 16. The number of aryl methyl sites for hydroxylation is 1. The van der Waals surface area contributed by atoms with E-state index in [9.17, 15) is 44.1 Å². The number of carboxylic acids is 2. The van der Waals surface area contributed by atoms with Crippen molar-refractivity contribution in [3.63, 3.8) is 0 Å². The van der Waals surface area contributed by atoms with Crippen LogP contribution < -0.4 is 33.2 Å². The van der Waals surface area contributed by atoms with Crippen LogP contribution in [0.2, 0.25) is 0 Å². The third-order valence-corrected chi connectivity index (χ3v) is 11.0. The summed E-state index contributed by atoms with van der Waals surface area (Å²) in [6.07, 6.45) is 1.78. The summed E-state index contributed by atoms with van der Waals surface area (Å²) in [5, 5.41) is 38.9. The summed E-state index contributed by atoms with van der Waals surface area (Å²) in [5.74, 6) is -4.67. The summed E-state index contributed by atoms with van der Waals surface area (Å²) in [4.78, 5) is 72.2. The fraction of sp³-hybridized carbons (Fsp3) is 0.289. The van der Waals surface area contributed by atoms with Crippen LogP contribution in [0.1, 0.15) is 89.0 Å². The standard InChI is InChI=1S/C23H24O6.C22H16O12/c1-11(2)16-8-14-15(28-16)6-5-12-22(24)21-13-7-18(25-3)19(26-4)9-17(13)27-10-20(21)29-23(12)14;1-8-5-12(24)10(6-23)19-15(8)22(31)34-20-11(7-32-14(27)4-3-13(25)26)17(28)16(21(29)30)9(2)18(20)33-19/h5-7,9,11,16,20-21H,8,10H2,1-4H3;3-6,24,28H,7H2,1-2H3,(H,25,26)(H,29,30). The Hall–Kier alpha value is -7.76. The highest BCUT2D eigenvalue weighted by atomic mass is 16.6. The number of aliphatic carboxylic acids is 1. The van der Waals surface area contributed by atoms with Gasteiger partial charge in [0.2, 0.25) is 0 Å². The molecule has 0 radical (unpaired) electrons. The topological polar surface area (TPSA) is 257 Å². The molecule has 4 aromatic carbocycles. The van der Waals surface area contributed by atoms with E-state index >= 15 is 0 Å². The zero-order valence-electron chi connectivity index (χ0n) is 34.6. The van der Waals surface area contributed by atoms with Crippen molar-refractivity contribution in [1.29, 1.82) is 0 Å². The number of fused-ring (bicyclic) bond motifs is 8. The molecule has 0 fully saturated rings. The first-order valence-corrected chi connectivity index (χ1v) is 19.3. The van der Waals surface area contributed by atoms with E-state index in [1.54, 1.807) is 20.3 Å². The second kappa shape index (κ2) is 16.9. The fourth-order valence-corrected chi connectivity index (χ4v) is 7.78. The van der Waals surface area contributed by atoms with Gasteiger partial charge in [-0.15, -0.1) is 0 Å². The molecule has 0 saturated carbocycles. The van der Waals surface area contributed by atoms with E-state index in [1.165, 1.54) is 13.8 Å². The number of carbonyl (C=O) groups excluding carboxylic acids is 4. The van der Waals surface area contributed by atoms with Crippen molar-refractivity contribution in [1.82, 2.24) is 0 Å². The lowest BCUT2D eigenvalue weighted by Crippen LogP contribution is -2.43. The lowest BCUT2D eigenvalue weighted by atomic mass is 9.81. The van der Waals surface area contributed by atoms with E-state index in [2.05, 4.69) is 13.8 Å². The fourth-order valence-electron chi connectivity index (χ4n) is 7.78. The first-order chi connectivity index (χ1) is 30.0. The van der Waals surface area contributed by atoms with Gasteiger partial charge in [-0.05, 0) is 49.6 Å². The van der Waals surface area contributed by atoms with E-state index in [-0.39, 0.29) is 46.7 Å². The molecule has 0 spiro atoms. The van der Waals surface area contributed by atoms with Crippen molar-refractivity contribution in [2.24, 2.45) is 5.92 Å². The van der Waals surface area contributed by atoms with Gasteiger partial charge in [0, 0.05) is 41.3 Å². The SMILES string of the molecule is COc1cc2c(cc1OC)C1C(=O)c3ccc4c(c3OC1CO2)CC(C(C)C)O4.Cc1cc(O)c(C=O)c2c1C(=O)Oc1c(COC(=O)C=CC(=O)O)c(O)c(C(=O)O)c(C)c1O2. The number of hydrogen-bond donors (Lipinski definition) is 4. The van der Waals surface area contributed by atoms with Crippen molar-refractivity contribution in [2.75, 3.05) is 20.8 Å². The van der Waals surface area contributed by atoms with Gasteiger partial charge in [0.25, 0.3) is 0 Å². The minimum atomic E-state index is -1.60. The van der Waals surface area contributed by atoms with Gasteiger partial charge in [-0.1, -0.05) is 13.8 Å². The van der Waals surface area contributed by atoms with Gasteiger partial charge in [0.05, 0.1) is 36.8 Å². The van der Waals surface area contributed by atoms with Gasteiger partial charge >= 0.3 is 23.9 Å². The highest BCUT2D eigenvalue weighted by molar-refractivity contribution is 6.06. The Kier molecular flexibility index (Phi) is 11.7. The first kappa shape index (κ1) is 43.3. The second-order valence-corrected chi connectivity index (χ2v) is 15.1. The largest absolute Gasteiger partial charge is 0.507 e. The number of aromatic carboxylic acids is 1. The second-order valence-electron chi connectivity index (χ2n) is 15.1. The predicted molar refractivity (Wildman–Crippen MR) is 216 cm³/mol. The van der Waals surface area contributed by atoms with Crippen molar-refractivity contribution in [2.45, 2.75) is 58.8 Å². The number of carbonyl (C=O) groups is 6. The first-order valence-electron chi connectivity index (χ1n) is 19.3. The van der Waals surface area contributed by atoms with E-state index in [0.717, 1.165) is 29.4 Å². The molecule has 4 aliphatic heterocycles. The van der Waals surface area contributed by atoms with Gasteiger partial charge in [0.15, 0.2) is 40.8 Å². The molecule has 4 aromatic rings. The molecule has 328 valence electrons. The zero-order valence-corrected chi connectivity index (χ0v) is 34.6. The molecular formula is C45H40O18. The quantitative estimate of drug-likeness (QED) is 0.0649. The minimum absolute atomic E-state index is 0.0452. The van der Waals surface area contributed by atoms with Crippen LogP contribution in [0.5, 0.6) is 57.5 Å². The predicted octanol–water partition coefficient (Wildman–Crippen LogP) is 6.02. The van der Waals surface area contributed by atoms with E-state index < -0.39 is 76.1 Å². The Morgan fingerprint density at radius 1 is 0.889 bits per heavy atom. The number of phenols is 2. The molecule has 4 heterocycles. The Balaban J connectivity index is 0.000000191. The van der Waals surface area contributed by atoms with Crippen LogP contribution in [0.25, 0.3) is 0 Å². The number of ether oxygens (including phenoxy) is 8. The molecule has 4 aliphatic rings. The van der Waals surface area contributed by atoms with Crippen molar-refractivity contribution >= 4 is 35.9 Å². The highest BCUT2D eigenvalue weighted by Crippen LogP contribution is 2.52. The van der Waals surface area contributed by atoms with Gasteiger partial charge in [0.1, 0.15) is 65.3 Å². The molecule has 3 unspecified atom stereocenters. The van der Waals surface area contributed by atoms with Gasteiger partial charge in [-0.3, -0.25) is 9.59 Å². The van der Waals surface area contributed by atoms with Crippen LogP contribution >= 0.6 is 0 Å². The summed E-state index contributed by atoms with van der Waals surface area (Å²) in [7, 11) is 3.16. The number of esters is 2. The van der Waals surface area contributed by atoms with Gasteiger partial charge in [-0.25, -0.2) is 19.2 Å². The number of rotatable bonds is 9. The van der Waals surface area contributed by atoms with Crippen LogP contribution in [0.3, 0.4) is 0 Å². The lowest BCUT2D eigenvalue weighted by molar-refractivity contribution is -0.139. The Labute approximate surface area is 358 Å². The Morgan fingerprint density at radius 2 is 1.60 bits per heavy atom. The summed E-state index contributed by atoms with van der Waals surface area (Å²) >= 11 is 0. The van der Waals surface area contributed by atoms with E-state index in [0.29, 0.717) is 53.2 Å². The van der Waals surface area contributed by atoms with Gasteiger partial charge in [-0.2, -0.15) is 0 Å². The maximum absolute atomic E-state index is 13.5. The third kappa shape index (κ3) is 7.75. The minimum Gasteiger partial charge on any atom is -0.507 e. The molecule has 63 heavy (non-hydrogen) atoms. The van der Waals surface area contributed by atoms with Crippen LogP contribution in [0, 0.1) is 19.8 Å². The molecular weight excluding hydrogens is 828 g/mol. The maximum Gasteiger partial charge on any atom is 0.347 e. The summed E-state index contributed by atoms with van der Waals surface area (Å²) in [5.41, 5.74) is 0.571. The normalized spacial score (nSPS) is 17.5. The molecule has 0 aliphatic carbocycles. The smallest absolute Gasteiger partial charge is 0.347 e. The van der Waals surface area contributed by atoms with Crippen molar-refractivity contribution in [3.8, 4) is 57.5 Å². The Bertz CT molecular complexity index is 2660. The molecule has 0 aromatic heterocycles. The molecule has 8 rings (SSSR count). The third-order valence-electron chi connectivity index (χ3n) is 11.0. The molecule has 18 nitrogen and oxygen atoms in total. The summed E-state index contributed by atoms with van der Waals surface area (Å²) in [6, 6.07) is 8.45. The lowest BCUT2D eigenvalue weighted by Gasteiger charge is -2.37.